The predicted octanol–water partition coefficient (Wildman–Crippen LogP) is 4.04. The summed E-state index contributed by atoms with van der Waals surface area (Å²) in [5.74, 6) is 1.10. The van der Waals surface area contributed by atoms with Crippen molar-refractivity contribution >= 4 is 16.8 Å². The van der Waals surface area contributed by atoms with Crippen molar-refractivity contribution in [2.24, 2.45) is 4.99 Å². The summed E-state index contributed by atoms with van der Waals surface area (Å²) in [4.78, 5) is 4.32. The van der Waals surface area contributed by atoms with E-state index in [0.717, 1.165) is 5.75 Å². The molecule has 0 aromatic heterocycles. The third-order valence-corrected chi connectivity index (χ3v) is 3.26. The molecule has 0 saturated carbocycles. The van der Waals surface area contributed by atoms with Gasteiger partial charge in [-0.3, -0.25) is 4.99 Å². The average Bonchev–Trinajstić information content (AvgIpc) is 2.63. The first-order valence-corrected chi connectivity index (χ1v) is 6.43. The van der Waals surface area contributed by atoms with E-state index in [-0.39, 0.29) is 0 Å². The molecule has 0 aromatic carbocycles. The molecule has 0 spiro atoms. The van der Waals surface area contributed by atoms with Crippen LogP contribution in [-0.4, -0.2) is 10.8 Å². The normalized spacial score (nSPS) is 16.2. The number of nitrogens with zero attached hydrogens (tertiary/aromatic N) is 1. The molecule has 0 saturated heterocycles. The van der Waals surface area contributed by atoms with Crippen LogP contribution >= 0.6 is 11.8 Å². The van der Waals surface area contributed by atoms with Crippen LogP contribution in [0.15, 0.2) is 4.99 Å². The molecule has 0 amide bonds. The van der Waals surface area contributed by atoms with Crippen molar-refractivity contribution in [3.05, 3.63) is 6.54 Å². The molecule has 1 aliphatic rings. The maximum atomic E-state index is 4.32. The summed E-state index contributed by atoms with van der Waals surface area (Å²) in [6.45, 7) is 4.29. The van der Waals surface area contributed by atoms with E-state index in [1.54, 1.807) is 0 Å². The molecule has 0 atom stereocenters. The van der Waals surface area contributed by atoms with Crippen molar-refractivity contribution in [2.75, 3.05) is 5.75 Å². The fourth-order valence-corrected chi connectivity index (χ4v) is 2.28. The fraction of sp³-hybridized carbons (Fsp3) is 0.818. The van der Waals surface area contributed by atoms with Gasteiger partial charge in [-0.25, -0.2) is 0 Å². The van der Waals surface area contributed by atoms with Crippen molar-refractivity contribution in [2.45, 2.75) is 51.9 Å². The lowest BCUT2D eigenvalue weighted by Crippen LogP contribution is -1.88. The molecule has 1 heterocycles. The lowest BCUT2D eigenvalue weighted by molar-refractivity contribution is 0.616. The molecule has 0 bridgehead atoms. The van der Waals surface area contributed by atoms with E-state index < -0.39 is 0 Å². The maximum Gasteiger partial charge on any atom is 0.0835 e. The smallest absolute Gasteiger partial charge is 0.0835 e. The number of rotatable bonds is 7. The summed E-state index contributed by atoms with van der Waals surface area (Å²) in [6, 6.07) is 0. The van der Waals surface area contributed by atoms with Crippen LogP contribution in [0.4, 0.5) is 0 Å². The zero-order chi connectivity index (χ0) is 9.36. The Labute approximate surface area is 86.4 Å². The van der Waals surface area contributed by atoms with Crippen LogP contribution in [0.1, 0.15) is 51.9 Å². The van der Waals surface area contributed by atoms with Crippen LogP contribution in [0.3, 0.4) is 0 Å². The third kappa shape index (κ3) is 5.35. The average molecular weight is 198 g/mol. The summed E-state index contributed by atoms with van der Waals surface area (Å²) >= 11 is 1.91. The van der Waals surface area contributed by atoms with Crippen molar-refractivity contribution in [3.8, 4) is 0 Å². The van der Waals surface area contributed by atoms with E-state index in [1.807, 2.05) is 18.3 Å². The van der Waals surface area contributed by atoms with Gasteiger partial charge in [-0.2, -0.15) is 0 Å². The Kier molecular flexibility index (Phi) is 6.34. The largest absolute Gasteiger partial charge is 0.276 e. The quantitative estimate of drug-likeness (QED) is 0.562. The van der Waals surface area contributed by atoms with Crippen molar-refractivity contribution in [3.63, 3.8) is 0 Å². The van der Waals surface area contributed by atoms with E-state index in [2.05, 4.69) is 11.9 Å². The molecular weight excluding hydrogens is 178 g/mol. The molecular formula is C11H20NS. The van der Waals surface area contributed by atoms with Crippen LogP contribution in [0, 0.1) is 6.54 Å². The minimum atomic E-state index is 1.10. The predicted molar refractivity (Wildman–Crippen MR) is 62.2 cm³/mol. The van der Waals surface area contributed by atoms with Crippen LogP contribution in [-0.2, 0) is 0 Å². The third-order valence-electron chi connectivity index (χ3n) is 2.30. The standard InChI is InChI=1S/C11H20NS/c1-2-3-4-5-6-7-8-11-12-9-10-13-11/h9H,2-8,10H2,1H3. The number of aliphatic imine (C=N–C) groups is 1. The van der Waals surface area contributed by atoms with Gasteiger partial charge in [0.15, 0.2) is 0 Å². The zero-order valence-electron chi connectivity index (χ0n) is 8.59. The van der Waals surface area contributed by atoms with E-state index in [1.165, 1.54) is 50.0 Å². The lowest BCUT2D eigenvalue weighted by Gasteiger charge is -2.00. The number of hydrogen-bond acceptors (Lipinski definition) is 2. The Hall–Kier alpha value is 0.0200. The van der Waals surface area contributed by atoms with Gasteiger partial charge < -0.3 is 0 Å². The second kappa shape index (κ2) is 7.43. The number of unbranched alkanes of at least 4 members (excludes halogenated alkanes) is 5. The Morgan fingerprint density at radius 1 is 1.23 bits per heavy atom. The fourth-order valence-electron chi connectivity index (χ4n) is 1.50. The highest BCUT2D eigenvalue weighted by molar-refractivity contribution is 8.14. The van der Waals surface area contributed by atoms with Gasteiger partial charge in [-0.15, -0.1) is 11.8 Å². The SMILES string of the molecule is CCCCCCCCC1=N[CH]CS1. The molecule has 2 heteroatoms. The van der Waals surface area contributed by atoms with Crippen LogP contribution in [0.25, 0.3) is 0 Å². The molecule has 0 aliphatic carbocycles. The van der Waals surface area contributed by atoms with Crippen molar-refractivity contribution < 1.29 is 0 Å². The molecule has 0 N–H and O–H groups in total. The zero-order valence-corrected chi connectivity index (χ0v) is 9.41. The van der Waals surface area contributed by atoms with E-state index >= 15 is 0 Å². The van der Waals surface area contributed by atoms with E-state index in [0.29, 0.717) is 0 Å². The first-order valence-electron chi connectivity index (χ1n) is 5.44. The molecule has 1 rings (SSSR count). The first kappa shape index (κ1) is 11.1. The lowest BCUT2D eigenvalue weighted by atomic mass is 10.1. The summed E-state index contributed by atoms with van der Waals surface area (Å²) in [5, 5.41) is 1.36. The highest BCUT2D eigenvalue weighted by atomic mass is 32.2. The Morgan fingerprint density at radius 2 is 2.00 bits per heavy atom. The topological polar surface area (TPSA) is 12.4 Å². The van der Waals surface area contributed by atoms with Gasteiger partial charge in [0.1, 0.15) is 0 Å². The van der Waals surface area contributed by atoms with Crippen LogP contribution in [0.5, 0.6) is 0 Å². The second-order valence-electron chi connectivity index (χ2n) is 3.53. The maximum absolute atomic E-state index is 4.32. The second-order valence-corrected chi connectivity index (χ2v) is 4.63. The Balaban J connectivity index is 1.83. The highest BCUT2D eigenvalue weighted by Crippen LogP contribution is 2.19. The van der Waals surface area contributed by atoms with Gasteiger partial charge in [0, 0.05) is 5.75 Å². The van der Waals surface area contributed by atoms with E-state index in [4.69, 9.17) is 0 Å². The molecule has 0 aromatic rings. The Bertz CT molecular complexity index is 154. The van der Waals surface area contributed by atoms with Gasteiger partial charge in [-0.05, 0) is 12.8 Å². The summed E-state index contributed by atoms with van der Waals surface area (Å²) < 4.78 is 0. The minimum absolute atomic E-state index is 1.10. The van der Waals surface area contributed by atoms with Gasteiger partial charge in [-0.1, -0.05) is 39.0 Å². The van der Waals surface area contributed by atoms with Crippen molar-refractivity contribution in [1.29, 1.82) is 0 Å². The van der Waals surface area contributed by atoms with Gasteiger partial charge in [0.2, 0.25) is 0 Å². The molecule has 75 valence electrons. The summed E-state index contributed by atoms with van der Waals surface area (Å²) in [5.41, 5.74) is 0. The van der Waals surface area contributed by atoms with Crippen LogP contribution < -0.4 is 0 Å². The van der Waals surface area contributed by atoms with Gasteiger partial charge >= 0.3 is 0 Å². The molecule has 1 aliphatic heterocycles. The summed E-state index contributed by atoms with van der Waals surface area (Å²) in [6.07, 6.45) is 9.52. The van der Waals surface area contributed by atoms with Gasteiger partial charge in [0.25, 0.3) is 0 Å². The molecule has 0 fully saturated rings. The molecule has 1 nitrogen and oxygen atoms in total. The highest BCUT2D eigenvalue weighted by Gasteiger charge is 2.05. The minimum Gasteiger partial charge on any atom is -0.276 e. The van der Waals surface area contributed by atoms with Gasteiger partial charge in [0.05, 0.1) is 11.6 Å². The summed E-state index contributed by atoms with van der Waals surface area (Å²) in [7, 11) is 0. The van der Waals surface area contributed by atoms with E-state index in [9.17, 15) is 0 Å². The first-order chi connectivity index (χ1) is 6.43. The number of hydrogen-bond donors (Lipinski definition) is 0. The monoisotopic (exact) mass is 198 g/mol. The molecule has 13 heavy (non-hydrogen) atoms. The number of thioether (sulfide) groups is 1. The Morgan fingerprint density at radius 3 is 2.69 bits per heavy atom. The van der Waals surface area contributed by atoms with Crippen LogP contribution in [0.2, 0.25) is 0 Å². The van der Waals surface area contributed by atoms with Crippen molar-refractivity contribution in [1.82, 2.24) is 0 Å². The molecule has 1 radical (unpaired) electrons. The molecule has 0 unspecified atom stereocenters.